The summed E-state index contributed by atoms with van der Waals surface area (Å²) in [4.78, 5) is 11.7. The van der Waals surface area contributed by atoms with Crippen LogP contribution in [0.15, 0.2) is 42.5 Å². The van der Waals surface area contributed by atoms with Gasteiger partial charge in [-0.3, -0.25) is 4.79 Å². The predicted octanol–water partition coefficient (Wildman–Crippen LogP) is 2.02. The molecule has 2 N–H and O–H groups in total. The first kappa shape index (κ1) is 12.7. The van der Waals surface area contributed by atoms with Crippen LogP contribution in [0.1, 0.15) is 33.2 Å². The minimum absolute atomic E-state index is 0.173. The van der Waals surface area contributed by atoms with Gasteiger partial charge < -0.3 is 15.2 Å². The van der Waals surface area contributed by atoms with Crippen LogP contribution in [0.25, 0.3) is 0 Å². The van der Waals surface area contributed by atoms with Crippen molar-refractivity contribution in [2.24, 2.45) is 0 Å². The number of aliphatic hydroxyl groups excluding tert-OH is 1. The summed E-state index contributed by atoms with van der Waals surface area (Å²) in [7, 11) is 1.58. The molecule has 0 aliphatic carbocycles. The number of carbonyl (C=O) groups is 1. The maximum absolute atomic E-state index is 11.7. The topological polar surface area (TPSA) is 58.6 Å². The molecular formula is C16H15NO3. The van der Waals surface area contributed by atoms with Crippen LogP contribution in [0.5, 0.6) is 5.75 Å². The normalized spacial score (nSPS) is 16.4. The van der Waals surface area contributed by atoms with Crippen molar-refractivity contribution in [1.82, 2.24) is 5.32 Å². The van der Waals surface area contributed by atoms with Gasteiger partial charge in [0, 0.05) is 18.2 Å². The molecule has 4 heteroatoms. The first-order valence-electron chi connectivity index (χ1n) is 6.45. The first-order valence-corrected chi connectivity index (χ1v) is 6.45. The molecule has 0 spiro atoms. The van der Waals surface area contributed by atoms with Crippen molar-refractivity contribution >= 4 is 5.91 Å². The fourth-order valence-electron chi connectivity index (χ4n) is 2.43. The molecule has 0 aromatic heterocycles. The van der Waals surface area contributed by atoms with E-state index in [1.165, 1.54) is 0 Å². The molecule has 1 atom stereocenters. The zero-order valence-electron chi connectivity index (χ0n) is 11.1. The summed E-state index contributed by atoms with van der Waals surface area (Å²) in [6.45, 7) is 0.386. The van der Waals surface area contributed by atoms with Gasteiger partial charge in [-0.15, -0.1) is 0 Å². The average Bonchev–Trinajstić information content (AvgIpc) is 2.64. The van der Waals surface area contributed by atoms with Gasteiger partial charge in [0.25, 0.3) is 5.91 Å². The summed E-state index contributed by atoms with van der Waals surface area (Å²) in [6, 6.07) is 12.7. The highest BCUT2D eigenvalue weighted by Gasteiger charge is 2.23. The zero-order valence-corrected chi connectivity index (χ0v) is 11.1. The molecule has 1 amide bonds. The molecule has 0 saturated carbocycles. The van der Waals surface area contributed by atoms with E-state index in [2.05, 4.69) is 5.32 Å². The van der Waals surface area contributed by atoms with Gasteiger partial charge in [0.2, 0.25) is 0 Å². The van der Waals surface area contributed by atoms with E-state index in [1.807, 2.05) is 24.3 Å². The van der Waals surface area contributed by atoms with Gasteiger partial charge in [-0.05, 0) is 23.3 Å². The molecule has 2 aromatic carbocycles. The lowest BCUT2D eigenvalue weighted by atomic mass is 9.97. The van der Waals surface area contributed by atoms with Crippen molar-refractivity contribution in [2.75, 3.05) is 7.05 Å². The molecule has 4 nitrogen and oxygen atoms in total. The summed E-state index contributed by atoms with van der Waals surface area (Å²) < 4.78 is 5.74. The Hall–Kier alpha value is -2.33. The van der Waals surface area contributed by atoms with E-state index in [0.717, 1.165) is 11.1 Å². The quantitative estimate of drug-likeness (QED) is 0.832. The van der Waals surface area contributed by atoms with Crippen LogP contribution in [-0.2, 0) is 6.61 Å². The summed E-state index contributed by atoms with van der Waals surface area (Å²) in [6.07, 6.45) is -0.734. The predicted molar refractivity (Wildman–Crippen MR) is 74.7 cm³/mol. The van der Waals surface area contributed by atoms with Gasteiger partial charge in [0.1, 0.15) is 18.5 Å². The fourth-order valence-corrected chi connectivity index (χ4v) is 2.43. The van der Waals surface area contributed by atoms with Crippen molar-refractivity contribution in [2.45, 2.75) is 12.7 Å². The van der Waals surface area contributed by atoms with E-state index in [0.29, 0.717) is 23.5 Å². The smallest absolute Gasteiger partial charge is 0.251 e. The largest absolute Gasteiger partial charge is 0.488 e. The summed E-state index contributed by atoms with van der Waals surface area (Å²) >= 11 is 0. The SMILES string of the molecule is CNC(=O)c1ccc2c(c1)OCc1ccccc1C2O. The standard InChI is InChI=1S/C16H15NO3/c1-17-16(19)10-6-7-13-14(8-10)20-9-11-4-2-3-5-12(11)15(13)18/h2-8,15,18H,9H2,1H3,(H,17,19). The van der Waals surface area contributed by atoms with Crippen molar-refractivity contribution in [3.8, 4) is 5.75 Å². The number of fused-ring (bicyclic) bond motifs is 2. The van der Waals surface area contributed by atoms with E-state index in [4.69, 9.17) is 4.74 Å². The maximum atomic E-state index is 11.7. The minimum atomic E-state index is -0.734. The molecule has 3 rings (SSSR count). The maximum Gasteiger partial charge on any atom is 0.251 e. The molecule has 20 heavy (non-hydrogen) atoms. The van der Waals surface area contributed by atoms with E-state index in [-0.39, 0.29) is 5.91 Å². The first-order chi connectivity index (χ1) is 9.70. The number of benzene rings is 2. The highest BCUT2D eigenvalue weighted by atomic mass is 16.5. The third kappa shape index (κ3) is 2.04. The number of aliphatic hydroxyl groups is 1. The van der Waals surface area contributed by atoms with Crippen LogP contribution in [0.2, 0.25) is 0 Å². The molecule has 0 saturated heterocycles. The highest BCUT2D eigenvalue weighted by molar-refractivity contribution is 5.94. The Bertz CT molecular complexity index is 667. The van der Waals surface area contributed by atoms with Gasteiger partial charge in [0.15, 0.2) is 0 Å². The van der Waals surface area contributed by atoms with Crippen LogP contribution in [-0.4, -0.2) is 18.1 Å². The second-order valence-corrected chi connectivity index (χ2v) is 4.72. The van der Waals surface area contributed by atoms with E-state index >= 15 is 0 Å². The van der Waals surface area contributed by atoms with E-state index < -0.39 is 6.10 Å². The second-order valence-electron chi connectivity index (χ2n) is 4.72. The Morgan fingerprint density at radius 3 is 2.85 bits per heavy atom. The van der Waals surface area contributed by atoms with Crippen LogP contribution in [0.3, 0.4) is 0 Å². The lowest BCUT2D eigenvalue weighted by Crippen LogP contribution is -2.18. The van der Waals surface area contributed by atoms with E-state index in [9.17, 15) is 9.90 Å². The van der Waals surface area contributed by atoms with Crippen molar-refractivity contribution < 1.29 is 14.6 Å². The van der Waals surface area contributed by atoms with E-state index in [1.54, 1.807) is 25.2 Å². The number of hydrogen-bond donors (Lipinski definition) is 2. The van der Waals surface area contributed by atoms with Gasteiger partial charge in [-0.2, -0.15) is 0 Å². The molecular weight excluding hydrogens is 254 g/mol. The number of ether oxygens (including phenoxy) is 1. The zero-order chi connectivity index (χ0) is 14.1. The summed E-state index contributed by atoms with van der Waals surface area (Å²) in [5.74, 6) is 0.377. The Morgan fingerprint density at radius 1 is 1.25 bits per heavy atom. The number of nitrogens with one attached hydrogen (secondary N) is 1. The van der Waals surface area contributed by atoms with Crippen LogP contribution >= 0.6 is 0 Å². The molecule has 102 valence electrons. The molecule has 1 unspecified atom stereocenters. The highest BCUT2D eigenvalue weighted by Crippen LogP contribution is 2.36. The molecule has 0 fully saturated rings. The lowest BCUT2D eigenvalue weighted by molar-refractivity contribution is 0.0962. The minimum Gasteiger partial charge on any atom is -0.488 e. The average molecular weight is 269 g/mol. The van der Waals surface area contributed by atoms with Crippen LogP contribution < -0.4 is 10.1 Å². The van der Waals surface area contributed by atoms with Gasteiger partial charge in [-0.25, -0.2) is 0 Å². The second kappa shape index (κ2) is 4.98. The molecule has 2 aromatic rings. The molecule has 0 bridgehead atoms. The fraction of sp³-hybridized carbons (Fsp3) is 0.188. The molecule has 1 aliphatic rings. The van der Waals surface area contributed by atoms with Crippen molar-refractivity contribution in [1.29, 1.82) is 0 Å². The Morgan fingerprint density at radius 2 is 2.05 bits per heavy atom. The number of hydrogen-bond acceptors (Lipinski definition) is 3. The molecule has 1 aliphatic heterocycles. The number of amides is 1. The third-order valence-electron chi connectivity index (χ3n) is 3.53. The lowest BCUT2D eigenvalue weighted by Gasteiger charge is -2.13. The summed E-state index contributed by atoms with van der Waals surface area (Å²) in [5, 5.41) is 13.1. The Labute approximate surface area is 117 Å². The Kier molecular flexibility index (Phi) is 3.16. The van der Waals surface area contributed by atoms with Crippen LogP contribution in [0, 0.1) is 0 Å². The van der Waals surface area contributed by atoms with Crippen molar-refractivity contribution in [3.05, 3.63) is 64.7 Å². The van der Waals surface area contributed by atoms with Gasteiger partial charge in [-0.1, -0.05) is 30.3 Å². The molecule has 0 radical (unpaired) electrons. The number of rotatable bonds is 1. The number of carbonyl (C=O) groups excluding carboxylic acids is 1. The monoisotopic (exact) mass is 269 g/mol. The van der Waals surface area contributed by atoms with Gasteiger partial charge in [0.05, 0.1) is 0 Å². The third-order valence-corrected chi connectivity index (χ3v) is 3.53. The van der Waals surface area contributed by atoms with Crippen LogP contribution in [0.4, 0.5) is 0 Å². The molecule has 1 heterocycles. The van der Waals surface area contributed by atoms with Gasteiger partial charge >= 0.3 is 0 Å². The van der Waals surface area contributed by atoms with Crippen molar-refractivity contribution in [3.63, 3.8) is 0 Å². The Balaban J connectivity index is 2.07. The summed E-state index contributed by atoms with van der Waals surface area (Å²) in [5.41, 5.74) is 3.00.